The summed E-state index contributed by atoms with van der Waals surface area (Å²) in [5.41, 5.74) is 5.39. The monoisotopic (exact) mass is 840 g/mol. The van der Waals surface area contributed by atoms with Gasteiger partial charge in [-0.1, -0.05) is 48.0 Å². The number of aliphatic hydroxyl groups excluding tert-OH is 1. The van der Waals surface area contributed by atoms with Crippen LogP contribution in [0, 0.1) is 17.8 Å². The Morgan fingerprint density at radius 2 is 1.15 bits per heavy atom. The predicted molar refractivity (Wildman–Crippen MR) is 211 cm³/mol. The van der Waals surface area contributed by atoms with Crippen molar-refractivity contribution in [2.75, 3.05) is 26.2 Å². The van der Waals surface area contributed by atoms with Crippen LogP contribution in [0.15, 0.2) is 0 Å². The van der Waals surface area contributed by atoms with E-state index in [9.17, 15) is 53.1 Å². The fourth-order valence-corrected chi connectivity index (χ4v) is 5.95. The molecular weight excluding hydrogens is 776 g/mol. The maximum atomic E-state index is 13.9. The quantitative estimate of drug-likeness (QED) is 0.0467. The maximum Gasteiger partial charge on any atom is 0.322 e. The third-order valence-corrected chi connectivity index (χ3v) is 9.74. The van der Waals surface area contributed by atoms with Crippen molar-refractivity contribution in [3.05, 3.63) is 0 Å². The molecule has 0 aromatic carbocycles. The van der Waals surface area contributed by atoms with Gasteiger partial charge in [0.25, 0.3) is 0 Å². The highest BCUT2D eigenvalue weighted by molar-refractivity contribution is 5.98. The summed E-state index contributed by atoms with van der Waals surface area (Å²) < 4.78 is 0. The van der Waals surface area contributed by atoms with Crippen LogP contribution in [0.3, 0.4) is 0 Å². The standard InChI is InChI=1S/C37H64N10O12/c1-10-19(6)29(43-24(49)14-38)36(58)42-21(8)32(54)45-28(18(4)5)37(59)47-13-11-12-23(47)33(55)46-30(22(9)48)34(56)39-15-25(50)44-27(17(2)3)35(57)41-20(7)31(53)40-16-26(51)52/h17-23,27-30,48H,10-16,38H2,1-9H3,(H,39,56)(H,40,53)(H,41,57)(H,42,58)(H,43,49)(H,44,50)(H,45,54)(H,46,55)(H,51,52)/t19-,20-,21-,22+,23-,27-,28-,29-,30-/m0/s1. The summed E-state index contributed by atoms with van der Waals surface area (Å²) in [7, 11) is 0. The van der Waals surface area contributed by atoms with Crippen molar-refractivity contribution in [1.29, 1.82) is 0 Å². The number of amides is 9. The Hall–Kier alpha value is -5.38. The van der Waals surface area contributed by atoms with E-state index in [2.05, 4.69) is 42.5 Å². The van der Waals surface area contributed by atoms with Gasteiger partial charge in [0, 0.05) is 6.54 Å². The molecule has 0 radical (unpaired) electrons. The van der Waals surface area contributed by atoms with E-state index in [0.717, 1.165) is 0 Å². The number of rotatable bonds is 23. The number of carboxylic acids is 1. The number of nitrogens with one attached hydrogen (secondary N) is 8. The van der Waals surface area contributed by atoms with E-state index in [-0.39, 0.29) is 25.4 Å². The third kappa shape index (κ3) is 16.4. The zero-order valence-electron chi connectivity index (χ0n) is 35.3. The highest BCUT2D eigenvalue weighted by atomic mass is 16.4. The average Bonchev–Trinajstić information content (AvgIpc) is 3.67. The van der Waals surface area contributed by atoms with Crippen LogP contribution < -0.4 is 48.3 Å². The molecule has 9 amide bonds. The lowest BCUT2D eigenvalue weighted by atomic mass is 9.97. The summed E-state index contributed by atoms with van der Waals surface area (Å²) in [5, 5.41) is 38.7. The minimum Gasteiger partial charge on any atom is -0.480 e. The van der Waals surface area contributed by atoms with Gasteiger partial charge in [0.2, 0.25) is 53.2 Å². The van der Waals surface area contributed by atoms with Gasteiger partial charge in [-0.3, -0.25) is 47.9 Å². The first-order chi connectivity index (χ1) is 27.5. The van der Waals surface area contributed by atoms with Crippen molar-refractivity contribution in [1.82, 2.24) is 47.4 Å². The van der Waals surface area contributed by atoms with Gasteiger partial charge in [0.1, 0.15) is 48.8 Å². The Balaban J connectivity index is 2.96. The topological polar surface area (TPSA) is 337 Å². The maximum absolute atomic E-state index is 13.9. The average molecular weight is 841 g/mol. The molecule has 0 saturated carbocycles. The second-order valence-corrected chi connectivity index (χ2v) is 15.4. The molecule has 1 rings (SSSR count). The number of carboxylic acid groups (broad SMARTS) is 1. The number of likely N-dealkylation sites (tertiary alicyclic amines) is 1. The number of aliphatic hydroxyl groups is 1. The van der Waals surface area contributed by atoms with E-state index < -0.39 is 132 Å². The predicted octanol–water partition coefficient (Wildman–Crippen LogP) is -4.06. The number of carbonyl (C=O) groups excluding carboxylic acids is 9. The molecule has 0 bridgehead atoms. The van der Waals surface area contributed by atoms with Crippen molar-refractivity contribution in [2.45, 2.75) is 130 Å². The molecule has 0 aromatic heterocycles. The molecule has 0 aliphatic carbocycles. The Morgan fingerprint density at radius 1 is 0.627 bits per heavy atom. The number of hydrogen-bond acceptors (Lipinski definition) is 12. The Kier molecular flexibility index (Phi) is 21.5. The lowest BCUT2D eigenvalue weighted by Crippen LogP contribution is -2.61. The van der Waals surface area contributed by atoms with Crippen LogP contribution in [0.25, 0.3) is 0 Å². The smallest absolute Gasteiger partial charge is 0.322 e. The van der Waals surface area contributed by atoms with Crippen LogP contribution in [-0.2, 0) is 47.9 Å². The highest BCUT2D eigenvalue weighted by Gasteiger charge is 2.41. The van der Waals surface area contributed by atoms with Gasteiger partial charge in [0.15, 0.2) is 0 Å². The van der Waals surface area contributed by atoms with E-state index in [1.54, 1.807) is 34.6 Å². The molecule has 1 saturated heterocycles. The molecule has 334 valence electrons. The van der Waals surface area contributed by atoms with Gasteiger partial charge in [-0.2, -0.15) is 0 Å². The van der Waals surface area contributed by atoms with Crippen molar-refractivity contribution >= 4 is 59.1 Å². The summed E-state index contributed by atoms with van der Waals surface area (Å²) in [4.78, 5) is 129. The minimum atomic E-state index is -1.57. The fourth-order valence-electron chi connectivity index (χ4n) is 5.95. The summed E-state index contributed by atoms with van der Waals surface area (Å²) in [6.45, 7) is 12.6. The lowest BCUT2D eigenvalue weighted by Gasteiger charge is -2.32. The van der Waals surface area contributed by atoms with Gasteiger partial charge >= 0.3 is 5.97 Å². The molecule has 0 unspecified atom stereocenters. The fraction of sp³-hybridized carbons (Fsp3) is 0.730. The van der Waals surface area contributed by atoms with Gasteiger partial charge in [0.05, 0.1) is 19.2 Å². The second-order valence-electron chi connectivity index (χ2n) is 15.4. The van der Waals surface area contributed by atoms with Gasteiger partial charge < -0.3 is 63.4 Å². The first-order valence-corrected chi connectivity index (χ1v) is 19.7. The van der Waals surface area contributed by atoms with E-state index in [0.29, 0.717) is 12.8 Å². The van der Waals surface area contributed by atoms with Crippen LogP contribution in [0.4, 0.5) is 0 Å². The number of nitrogens with zero attached hydrogens (tertiary/aromatic N) is 1. The second kappa shape index (κ2) is 24.5. The van der Waals surface area contributed by atoms with Crippen molar-refractivity contribution in [2.24, 2.45) is 23.5 Å². The van der Waals surface area contributed by atoms with Gasteiger partial charge in [-0.25, -0.2) is 0 Å². The zero-order chi connectivity index (χ0) is 45.3. The van der Waals surface area contributed by atoms with E-state index in [1.165, 1.54) is 25.7 Å². The van der Waals surface area contributed by atoms with E-state index in [4.69, 9.17) is 10.8 Å². The first kappa shape index (κ1) is 51.6. The number of nitrogens with two attached hydrogens (primary N) is 1. The number of aliphatic carboxylic acids is 1. The Labute approximate surface area is 344 Å². The molecule has 1 fully saturated rings. The molecule has 0 aromatic rings. The SMILES string of the molecule is CC[C@H](C)[C@H](NC(=O)CN)C(=O)N[C@@H](C)C(=O)N[C@H](C(=O)N1CCC[C@H]1C(=O)N[C@H](C(=O)NCC(=O)N[C@H](C(=O)N[C@@H](C)C(=O)NCC(=O)O)C(C)C)[C@@H](C)O)C(C)C. The molecular formula is C37H64N10O12. The summed E-state index contributed by atoms with van der Waals surface area (Å²) in [6, 6.07) is -8.15. The van der Waals surface area contributed by atoms with Crippen LogP contribution in [0.5, 0.6) is 0 Å². The Morgan fingerprint density at radius 3 is 1.66 bits per heavy atom. The lowest BCUT2D eigenvalue weighted by molar-refractivity contribution is -0.144. The van der Waals surface area contributed by atoms with Crippen LogP contribution in [-0.4, -0.2) is 149 Å². The molecule has 59 heavy (non-hydrogen) atoms. The molecule has 9 atom stereocenters. The van der Waals surface area contributed by atoms with Crippen molar-refractivity contribution in [3.63, 3.8) is 0 Å². The summed E-state index contributed by atoms with van der Waals surface area (Å²) in [6.07, 6.45) is -0.312. The van der Waals surface area contributed by atoms with Crippen LogP contribution in [0.1, 0.15) is 81.6 Å². The molecule has 1 heterocycles. The van der Waals surface area contributed by atoms with Gasteiger partial charge in [-0.15, -0.1) is 0 Å². The number of hydrogen-bond donors (Lipinski definition) is 11. The van der Waals surface area contributed by atoms with Crippen molar-refractivity contribution < 1.29 is 58.2 Å². The molecule has 12 N–H and O–H groups in total. The molecule has 22 heteroatoms. The van der Waals surface area contributed by atoms with Crippen molar-refractivity contribution in [3.8, 4) is 0 Å². The zero-order valence-corrected chi connectivity index (χ0v) is 35.3. The highest BCUT2D eigenvalue weighted by Crippen LogP contribution is 2.21. The number of carbonyl (C=O) groups is 10. The molecule has 1 aliphatic heterocycles. The molecule has 1 aliphatic rings. The van der Waals surface area contributed by atoms with Crippen LogP contribution >= 0.6 is 0 Å². The van der Waals surface area contributed by atoms with Crippen LogP contribution in [0.2, 0.25) is 0 Å². The summed E-state index contributed by atoms with van der Waals surface area (Å²) in [5.74, 6) is -8.99. The van der Waals surface area contributed by atoms with E-state index >= 15 is 0 Å². The van der Waals surface area contributed by atoms with Gasteiger partial charge in [-0.05, 0) is 51.4 Å². The normalized spacial score (nSPS) is 17.8. The summed E-state index contributed by atoms with van der Waals surface area (Å²) >= 11 is 0. The largest absolute Gasteiger partial charge is 0.480 e. The molecule has 0 spiro atoms. The third-order valence-electron chi connectivity index (χ3n) is 9.74. The first-order valence-electron chi connectivity index (χ1n) is 19.7. The minimum absolute atomic E-state index is 0.141. The Bertz CT molecular complexity index is 1540. The molecule has 22 nitrogen and oxygen atoms in total. The van der Waals surface area contributed by atoms with E-state index in [1.807, 2.05) is 6.92 Å².